The highest BCUT2D eigenvalue weighted by atomic mass is 15.3. The van der Waals surface area contributed by atoms with Crippen LogP contribution in [-0.4, -0.2) is 14.8 Å². The maximum absolute atomic E-state index is 9.32. The van der Waals surface area contributed by atoms with Gasteiger partial charge in [-0.15, -0.1) is 0 Å². The van der Waals surface area contributed by atoms with Crippen LogP contribution in [0, 0.1) is 11.3 Å². The van der Waals surface area contributed by atoms with E-state index >= 15 is 0 Å². The molecule has 1 aromatic heterocycles. The molecule has 1 heterocycles. The molecule has 0 fully saturated rings. The Bertz CT molecular complexity index is 646. The van der Waals surface area contributed by atoms with E-state index in [4.69, 9.17) is 0 Å². The third kappa shape index (κ3) is 3.12. The normalized spacial score (nSPS) is 11.7. The number of rotatable bonds is 4. The van der Waals surface area contributed by atoms with Crippen molar-refractivity contribution in [2.24, 2.45) is 0 Å². The zero-order valence-corrected chi connectivity index (χ0v) is 12.0. The lowest BCUT2D eigenvalue weighted by atomic mass is 9.84. The Morgan fingerprint density at radius 2 is 2.15 bits per heavy atom. The van der Waals surface area contributed by atoms with E-state index in [-0.39, 0.29) is 0 Å². The Morgan fingerprint density at radius 3 is 2.75 bits per heavy atom. The van der Waals surface area contributed by atoms with Crippen LogP contribution in [0.5, 0.6) is 0 Å². The van der Waals surface area contributed by atoms with Crippen LogP contribution < -0.4 is 0 Å². The average Bonchev–Trinajstić information content (AvgIpc) is 2.91. The second-order valence-electron chi connectivity index (χ2n) is 5.29. The van der Waals surface area contributed by atoms with Crippen molar-refractivity contribution >= 4 is 6.08 Å². The fourth-order valence-electron chi connectivity index (χ4n) is 2.03. The predicted octanol–water partition coefficient (Wildman–Crippen LogP) is 3.16. The monoisotopic (exact) mass is 266 g/mol. The third-order valence-electron chi connectivity index (χ3n) is 3.19. The van der Waals surface area contributed by atoms with Crippen LogP contribution in [0.1, 0.15) is 37.5 Å². The summed E-state index contributed by atoms with van der Waals surface area (Å²) in [7, 11) is 0. The number of hydrogen-bond donors (Lipinski definition) is 0. The molecule has 4 heteroatoms. The molecular weight excluding hydrogens is 248 g/mol. The van der Waals surface area contributed by atoms with Gasteiger partial charge in [-0.2, -0.15) is 10.4 Å². The molecular formula is C16H18N4. The lowest BCUT2D eigenvalue weighted by Gasteiger charge is -2.18. The van der Waals surface area contributed by atoms with Gasteiger partial charge in [-0.25, -0.2) is 9.67 Å². The summed E-state index contributed by atoms with van der Waals surface area (Å²) in [6.07, 6.45) is 7.26. The van der Waals surface area contributed by atoms with E-state index in [1.54, 1.807) is 11.0 Å². The summed E-state index contributed by atoms with van der Waals surface area (Å²) in [6.45, 7) is 6.50. The number of aromatic nitrogens is 3. The summed E-state index contributed by atoms with van der Waals surface area (Å²) >= 11 is 0. The van der Waals surface area contributed by atoms with Crippen LogP contribution in [0.15, 0.2) is 36.9 Å². The van der Waals surface area contributed by atoms with E-state index in [0.717, 1.165) is 16.7 Å². The van der Waals surface area contributed by atoms with Gasteiger partial charge in [0.1, 0.15) is 12.7 Å². The number of benzene rings is 1. The van der Waals surface area contributed by atoms with Gasteiger partial charge in [-0.1, -0.05) is 24.3 Å². The fourth-order valence-corrected chi connectivity index (χ4v) is 2.03. The van der Waals surface area contributed by atoms with Crippen molar-refractivity contribution in [3.05, 3.63) is 53.6 Å². The molecule has 0 aliphatic carbocycles. The molecule has 0 spiro atoms. The summed E-state index contributed by atoms with van der Waals surface area (Å²) in [5, 5.41) is 13.4. The van der Waals surface area contributed by atoms with E-state index < -0.39 is 5.41 Å². The standard InChI is InChI=1S/C16H18N4/c1-4-5-13-6-14(9-20-12-18-11-19-20)8-15(7-13)16(2,3)10-17/h4-8,11-12H,9H2,1-3H3/b5-4+. The Hall–Kier alpha value is -2.41. The molecule has 4 nitrogen and oxygen atoms in total. The highest BCUT2D eigenvalue weighted by Gasteiger charge is 2.20. The molecule has 2 rings (SSSR count). The van der Waals surface area contributed by atoms with Gasteiger partial charge in [0.05, 0.1) is 18.0 Å². The molecule has 0 radical (unpaired) electrons. The smallest absolute Gasteiger partial charge is 0.137 e. The van der Waals surface area contributed by atoms with Crippen LogP contribution >= 0.6 is 0 Å². The lowest BCUT2D eigenvalue weighted by Crippen LogP contribution is -2.15. The Morgan fingerprint density at radius 1 is 1.35 bits per heavy atom. The molecule has 102 valence electrons. The Labute approximate surface area is 119 Å². The second-order valence-corrected chi connectivity index (χ2v) is 5.29. The summed E-state index contributed by atoms with van der Waals surface area (Å²) in [5.74, 6) is 0. The van der Waals surface area contributed by atoms with Crippen LogP contribution in [-0.2, 0) is 12.0 Å². The molecule has 0 saturated heterocycles. The SMILES string of the molecule is C/C=C/c1cc(Cn2cncn2)cc(C(C)(C)C#N)c1. The van der Waals surface area contributed by atoms with Crippen molar-refractivity contribution in [2.45, 2.75) is 32.7 Å². The molecule has 0 bridgehead atoms. The Kier molecular flexibility index (Phi) is 3.99. The first kappa shape index (κ1) is 14.0. The number of allylic oxidation sites excluding steroid dienone is 1. The van der Waals surface area contributed by atoms with Crippen LogP contribution in [0.4, 0.5) is 0 Å². The molecule has 0 aliphatic heterocycles. The van der Waals surface area contributed by atoms with Gasteiger partial charge in [0.15, 0.2) is 0 Å². The number of nitrogens with zero attached hydrogens (tertiary/aromatic N) is 4. The van der Waals surface area contributed by atoms with Gasteiger partial charge >= 0.3 is 0 Å². The number of nitriles is 1. The minimum absolute atomic E-state index is 0.505. The summed E-state index contributed by atoms with van der Waals surface area (Å²) in [6, 6.07) is 8.59. The summed E-state index contributed by atoms with van der Waals surface area (Å²) in [5.41, 5.74) is 2.73. The van der Waals surface area contributed by atoms with Crippen molar-refractivity contribution < 1.29 is 0 Å². The zero-order chi connectivity index (χ0) is 14.6. The largest absolute Gasteiger partial charge is 0.249 e. The van der Waals surface area contributed by atoms with Gasteiger partial charge in [-0.05, 0) is 43.5 Å². The van der Waals surface area contributed by atoms with Gasteiger partial charge < -0.3 is 0 Å². The van der Waals surface area contributed by atoms with Gasteiger partial charge in [-0.3, -0.25) is 0 Å². The lowest BCUT2D eigenvalue weighted by molar-refractivity contribution is 0.667. The van der Waals surface area contributed by atoms with E-state index in [1.165, 1.54) is 6.33 Å². The molecule has 2 aromatic rings. The Balaban J connectivity index is 2.44. The van der Waals surface area contributed by atoms with Crippen molar-refractivity contribution in [3.8, 4) is 6.07 Å². The summed E-state index contributed by atoms with van der Waals surface area (Å²) in [4.78, 5) is 3.95. The van der Waals surface area contributed by atoms with Gasteiger partial charge in [0.25, 0.3) is 0 Å². The van der Waals surface area contributed by atoms with Crippen molar-refractivity contribution in [1.82, 2.24) is 14.8 Å². The van der Waals surface area contributed by atoms with E-state index in [0.29, 0.717) is 6.54 Å². The molecule has 0 amide bonds. The van der Waals surface area contributed by atoms with Crippen LogP contribution in [0.2, 0.25) is 0 Å². The van der Waals surface area contributed by atoms with Gasteiger partial charge in [0.2, 0.25) is 0 Å². The molecule has 0 N–H and O–H groups in total. The highest BCUT2D eigenvalue weighted by Crippen LogP contribution is 2.25. The van der Waals surface area contributed by atoms with Crippen LogP contribution in [0.25, 0.3) is 6.08 Å². The molecule has 20 heavy (non-hydrogen) atoms. The minimum Gasteiger partial charge on any atom is -0.249 e. The third-order valence-corrected chi connectivity index (χ3v) is 3.19. The first-order valence-electron chi connectivity index (χ1n) is 6.56. The average molecular weight is 266 g/mol. The van der Waals surface area contributed by atoms with Crippen molar-refractivity contribution in [3.63, 3.8) is 0 Å². The van der Waals surface area contributed by atoms with Crippen molar-refractivity contribution in [2.75, 3.05) is 0 Å². The van der Waals surface area contributed by atoms with E-state index in [9.17, 15) is 5.26 Å². The quantitative estimate of drug-likeness (QED) is 0.854. The zero-order valence-electron chi connectivity index (χ0n) is 12.0. The predicted molar refractivity (Wildman–Crippen MR) is 78.9 cm³/mol. The summed E-state index contributed by atoms with van der Waals surface area (Å²) < 4.78 is 1.78. The fraction of sp³-hybridized carbons (Fsp3) is 0.312. The van der Waals surface area contributed by atoms with E-state index in [2.05, 4.69) is 34.4 Å². The molecule has 0 saturated carbocycles. The van der Waals surface area contributed by atoms with E-state index in [1.807, 2.05) is 32.9 Å². The van der Waals surface area contributed by atoms with Crippen molar-refractivity contribution in [1.29, 1.82) is 5.26 Å². The first-order valence-corrected chi connectivity index (χ1v) is 6.56. The highest BCUT2D eigenvalue weighted by molar-refractivity contribution is 5.53. The maximum atomic E-state index is 9.32. The van der Waals surface area contributed by atoms with Crippen LogP contribution in [0.3, 0.4) is 0 Å². The number of hydrogen-bond acceptors (Lipinski definition) is 3. The molecule has 0 aliphatic rings. The second kappa shape index (κ2) is 5.70. The minimum atomic E-state index is -0.505. The van der Waals surface area contributed by atoms with Gasteiger partial charge in [0, 0.05) is 0 Å². The molecule has 0 atom stereocenters. The molecule has 0 unspecified atom stereocenters. The topological polar surface area (TPSA) is 54.5 Å². The maximum Gasteiger partial charge on any atom is 0.137 e. The first-order chi connectivity index (χ1) is 9.55. The molecule has 1 aromatic carbocycles.